The van der Waals surface area contributed by atoms with Crippen LogP contribution in [0.15, 0.2) is 18.2 Å². The van der Waals surface area contributed by atoms with Crippen molar-refractivity contribution in [3.63, 3.8) is 0 Å². The van der Waals surface area contributed by atoms with E-state index in [-0.39, 0.29) is 0 Å². The van der Waals surface area contributed by atoms with Crippen LogP contribution in [0.5, 0.6) is 0 Å². The highest BCUT2D eigenvalue weighted by Gasteiger charge is 2.20. The van der Waals surface area contributed by atoms with Gasteiger partial charge in [0.15, 0.2) is 0 Å². The number of anilines is 2. The number of rotatable bonds is 5. The molecule has 0 spiro atoms. The summed E-state index contributed by atoms with van der Waals surface area (Å²) in [6, 6.07) is 5.79. The number of nitrogens with two attached hydrogens (primary N) is 1. The summed E-state index contributed by atoms with van der Waals surface area (Å²) in [7, 11) is 3.89. The van der Waals surface area contributed by atoms with Crippen LogP contribution in [0, 0.1) is 6.92 Å². The third kappa shape index (κ3) is 4.63. The molecular formula is C13H23N3O. The molecule has 4 N–H and O–H groups in total. The fourth-order valence-corrected chi connectivity index (χ4v) is 1.82. The molecule has 0 bridgehead atoms. The van der Waals surface area contributed by atoms with Gasteiger partial charge in [-0.3, -0.25) is 0 Å². The van der Waals surface area contributed by atoms with E-state index in [1.807, 2.05) is 51.0 Å². The molecule has 1 aromatic rings. The minimum atomic E-state index is -0.751. The van der Waals surface area contributed by atoms with Gasteiger partial charge in [0.1, 0.15) is 0 Å². The molecule has 0 aromatic heterocycles. The van der Waals surface area contributed by atoms with Crippen molar-refractivity contribution in [2.24, 2.45) is 0 Å². The molecule has 0 aliphatic rings. The second kappa shape index (κ2) is 5.38. The lowest BCUT2D eigenvalue weighted by Crippen LogP contribution is -2.43. The fourth-order valence-electron chi connectivity index (χ4n) is 1.82. The summed E-state index contributed by atoms with van der Waals surface area (Å²) >= 11 is 0. The van der Waals surface area contributed by atoms with Crippen LogP contribution < -0.4 is 11.1 Å². The molecule has 0 aliphatic carbocycles. The monoisotopic (exact) mass is 237 g/mol. The number of nitrogens with one attached hydrogen (secondary N) is 1. The highest BCUT2D eigenvalue weighted by atomic mass is 16.3. The van der Waals surface area contributed by atoms with E-state index in [1.54, 1.807) is 0 Å². The van der Waals surface area contributed by atoms with Crippen molar-refractivity contribution in [1.29, 1.82) is 0 Å². The Labute approximate surface area is 103 Å². The first-order valence-corrected chi connectivity index (χ1v) is 5.77. The molecule has 96 valence electrons. The maximum Gasteiger partial charge on any atom is 0.0917 e. The van der Waals surface area contributed by atoms with E-state index in [9.17, 15) is 5.11 Å². The Morgan fingerprint density at radius 1 is 1.41 bits per heavy atom. The van der Waals surface area contributed by atoms with Crippen LogP contribution in [0.1, 0.15) is 12.5 Å². The fraction of sp³-hybridized carbons (Fsp3) is 0.538. The zero-order valence-electron chi connectivity index (χ0n) is 11.1. The summed E-state index contributed by atoms with van der Waals surface area (Å²) in [4.78, 5) is 1.97. The van der Waals surface area contributed by atoms with E-state index in [0.29, 0.717) is 13.1 Å². The maximum absolute atomic E-state index is 10.1. The molecule has 1 rings (SSSR count). The summed E-state index contributed by atoms with van der Waals surface area (Å²) in [5.41, 5.74) is 7.82. The lowest BCUT2D eigenvalue weighted by molar-refractivity contribution is 0.0460. The van der Waals surface area contributed by atoms with Gasteiger partial charge in [-0.2, -0.15) is 0 Å². The summed E-state index contributed by atoms with van der Waals surface area (Å²) in [6.45, 7) is 4.92. The standard InChI is InChI=1S/C13H23N3O/c1-10-7-11(5-6-12(10)14)15-8-13(2,17)9-16(3)4/h5-7,15,17H,8-9,14H2,1-4H3. The first kappa shape index (κ1) is 13.8. The van der Waals surface area contributed by atoms with Crippen LogP contribution in [0.2, 0.25) is 0 Å². The van der Waals surface area contributed by atoms with Gasteiger partial charge in [-0.05, 0) is 51.7 Å². The quantitative estimate of drug-likeness (QED) is 0.676. The first-order chi connectivity index (χ1) is 7.80. The van der Waals surface area contributed by atoms with Gasteiger partial charge in [0.05, 0.1) is 5.60 Å². The van der Waals surface area contributed by atoms with Crippen molar-refractivity contribution in [1.82, 2.24) is 4.90 Å². The molecule has 1 unspecified atom stereocenters. The SMILES string of the molecule is Cc1cc(NCC(C)(O)CN(C)C)ccc1N. The minimum absolute atomic E-state index is 0.508. The Bertz CT molecular complexity index is 375. The van der Waals surface area contributed by atoms with Crippen molar-refractivity contribution in [2.45, 2.75) is 19.4 Å². The number of hydrogen-bond acceptors (Lipinski definition) is 4. The Balaban J connectivity index is 2.58. The summed E-state index contributed by atoms with van der Waals surface area (Å²) in [5, 5.41) is 13.4. The smallest absolute Gasteiger partial charge is 0.0917 e. The molecule has 1 atom stereocenters. The van der Waals surface area contributed by atoms with E-state index in [1.165, 1.54) is 0 Å². The van der Waals surface area contributed by atoms with Crippen molar-refractivity contribution in [2.75, 3.05) is 38.2 Å². The number of nitrogens with zero attached hydrogens (tertiary/aromatic N) is 1. The number of aliphatic hydroxyl groups is 1. The molecule has 17 heavy (non-hydrogen) atoms. The third-order valence-electron chi connectivity index (χ3n) is 2.60. The zero-order chi connectivity index (χ0) is 13.1. The normalized spacial score (nSPS) is 14.7. The van der Waals surface area contributed by atoms with Gasteiger partial charge in [0.25, 0.3) is 0 Å². The molecule has 4 nitrogen and oxygen atoms in total. The maximum atomic E-state index is 10.1. The van der Waals surface area contributed by atoms with Gasteiger partial charge in [0.2, 0.25) is 0 Å². The van der Waals surface area contributed by atoms with Crippen molar-refractivity contribution in [3.8, 4) is 0 Å². The van der Waals surface area contributed by atoms with Crippen LogP contribution in [-0.2, 0) is 0 Å². The lowest BCUT2D eigenvalue weighted by atomic mass is 10.1. The lowest BCUT2D eigenvalue weighted by Gasteiger charge is -2.27. The van der Waals surface area contributed by atoms with Crippen LogP contribution in [0.25, 0.3) is 0 Å². The van der Waals surface area contributed by atoms with Crippen LogP contribution in [0.3, 0.4) is 0 Å². The molecule has 0 saturated heterocycles. The van der Waals surface area contributed by atoms with Gasteiger partial charge in [-0.1, -0.05) is 0 Å². The van der Waals surface area contributed by atoms with Crippen molar-refractivity contribution >= 4 is 11.4 Å². The average molecular weight is 237 g/mol. The Morgan fingerprint density at radius 2 is 2.06 bits per heavy atom. The second-order valence-electron chi connectivity index (χ2n) is 5.16. The molecule has 0 radical (unpaired) electrons. The highest BCUT2D eigenvalue weighted by molar-refractivity contribution is 5.56. The van der Waals surface area contributed by atoms with Crippen LogP contribution in [-0.4, -0.2) is 42.8 Å². The Hall–Kier alpha value is -1.26. The molecule has 4 heteroatoms. The molecule has 0 heterocycles. The van der Waals surface area contributed by atoms with Crippen molar-refractivity contribution < 1.29 is 5.11 Å². The molecular weight excluding hydrogens is 214 g/mol. The zero-order valence-corrected chi connectivity index (χ0v) is 11.1. The number of aryl methyl sites for hydroxylation is 1. The van der Waals surface area contributed by atoms with Crippen LogP contribution in [0.4, 0.5) is 11.4 Å². The first-order valence-electron chi connectivity index (χ1n) is 5.77. The summed E-state index contributed by atoms with van der Waals surface area (Å²) in [6.07, 6.45) is 0. The molecule has 1 aromatic carbocycles. The number of nitrogen functional groups attached to an aromatic ring is 1. The average Bonchev–Trinajstić information content (AvgIpc) is 2.18. The topological polar surface area (TPSA) is 61.5 Å². The number of likely N-dealkylation sites (N-methyl/N-ethyl adjacent to an activating group) is 1. The number of hydrogen-bond donors (Lipinski definition) is 3. The molecule has 0 saturated carbocycles. The van der Waals surface area contributed by atoms with Crippen molar-refractivity contribution in [3.05, 3.63) is 23.8 Å². The van der Waals surface area contributed by atoms with Gasteiger partial charge < -0.3 is 21.1 Å². The van der Waals surface area contributed by atoms with Gasteiger partial charge in [-0.25, -0.2) is 0 Å². The third-order valence-corrected chi connectivity index (χ3v) is 2.60. The van der Waals surface area contributed by atoms with Gasteiger partial charge in [0, 0.05) is 24.5 Å². The predicted molar refractivity (Wildman–Crippen MR) is 73.3 cm³/mol. The summed E-state index contributed by atoms with van der Waals surface area (Å²) < 4.78 is 0. The van der Waals surface area contributed by atoms with E-state index in [0.717, 1.165) is 16.9 Å². The van der Waals surface area contributed by atoms with Gasteiger partial charge >= 0.3 is 0 Å². The molecule has 0 aliphatic heterocycles. The van der Waals surface area contributed by atoms with Gasteiger partial charge in [-0.15, -0.1) is 0 Å². The van der Waals surface area contributed by atoms with E-state index < -0.39 is 5.60 Å². The molecule has 0 fully saturated rings. The largest absolute Gasteiger partial charge is 0.399 e. The Morgan fingerprint density at radius 3 is 2.59 bits per heavy atom. The summed E-state index contributed by atoms with van der Waals surface area (Å²) in [5.74, 6) is 0. The van der Waals surface area contributed by atoms with Crippen LogP contribution >= 0.6 is 0 Å². The van der Waals surface area contributed by atoms with E-state index >= 15 is 0 Å². The Kier molecular flexibility index (Phi) is 4.37. The molecule has 0 amide bonds. The second-order valence-corrected chi connectivity index (χ2v) is 5.16. The number of benzene rings is 1. The van der Waals surface area contributed by atoms with E-state index in [4.69, 9.17) is 5.73 Å². The van der Waals surface area contributed by atoms with E-state index in [2.05, 4.69) is 5.32 Å². The highest BCUT2D eigenvalue weighted by Crippen LogP contribution is 2.17. The minimum Gasteiger partial charge on any atom is -0.399 e. The predicted octanol–water partition coefficient (Wildman–Crippen LogP) is 1.30.